The molecule has 1 aromatic carbocycles. The van der Waals surface area contributed by atoms with Crippen LogP contribution in [0.25, 0.3) is 0 Å². The number of methoxy groups -OCH3 is 1. The Labute approximate surface area is 123 Å². The Morgan fingerprint density at radius 2 is 2.21 bits per heavy atom. The summed E-state index contributed by atoms with van der Waals surface area (Å²) in [6, 6.07) is 4.30. The molecule has 0 unspecified atom stereocenters. The molecular weight excluding hydrogens is 366 g/mol. The van der Waals surface area contributed by atoms with E-state index < -0.39 is 11.8 Å². The lowest BCUT2D eigenvalue weighted by Crippen LogP contribution is -2.05. The minimum Gasteiger partial charge on any atom is -0.510 e. The Kier molecular flexibility index (Phi) is 5.87. The van der Waals surface area contributed by atoms with Crippen molar-refractivity contribution in [2.75, 3.05) is 7.11 Å². The normalized spacial score (nSPS) is 12.4. The zero-order chi connectivity index (χ0) is 14.4. The number of esters is 1. The molecule has 0 aliphatic heterocycles. The molecule has 0 aromatic heterocycles. The zero-order valence-electron chi connectivity index (χ0n) is 10.4. The summed E-state index contributed by atoms with van der Waals surface area (Å²) < 4.78 is 18.7. The molecule has 0 saturated carbocycles. The van der Waals surface area contributed by atoms with Gasteiger partial charge in [0, 0.05) is 9.99 Å². The van der Waals surface area contributed by atoms with Gasteiger partial charge in [0.05, 0.1) is 7.11 Å². The maximum absolute atomic E-state index is 13.4. The van der Waals surface area contributed by atoms with Crippen LogP contribution in [0.4, 0.5) is 10.1 Å². The highest BCUT2D eigenvalue weighted by atomic mass is 127. The predicted molar refractivity (Wildman–Crippen MR) is 75.6 cm³/mol. The molecule has 1 rings (SSSR count). The first-order valence-electron chi connectivity index (χ1n) is 5.36. The van der Waals surface area contributed by atoms with Crippen LogP contribution in [-0.4, -0.2) is 18.2 Å². The number of carbonyl (C=O) groups is 1. The van der Waals surface area contributed by atoms with Crippen LogP contribution in [0.3, 0.4) is 0 Å². The van der Waals surface area contributed by atoms with Gasteiger partial charge in [-0.25, -0.2) is 9.18 Å². The molecule has 0 spiro atoms. The lowest BCUT2D eigenvalue weighted by Gasteiger charge is -2.02. The van der Waals surface area contributed by atoms with Crippen LogP contribution in [0.2, 0.25) is 0 Å². The van der Waals surface area contributed by atoms with Gasteiger partial charge in [0.2, 0.25) is 5.70 Å². The Balaban J connectivity index is 3.13. The van der Waals surface area contributed by atoms with Crippen molar-refractivity contribution in [1.29, 1.82) is 0 Å². The molecule has 1 aromatic rings. The van der Waals surface area contributed by atoms with Crippen LogP contribution in [0.5, 0.6) is 0 Å². The van der Waals surface area contributed by atoms with E-state index in [-0.39, 0.29) is 23.6 Å². The van der Waals surface area contributed by atoms with Crippen LogP contribution >= 0.6 is 22.6 Å². The van der Waals surface area contributed by atoms with Gasteiger partial charge < -0.3 is 9.84 Å². The van der Waals surface area contributed by atoms with E-state index in [1.54, 1.807) is 13.0 Å². The van der Waals surface area contributed by atoms with Crippen molar-refractivity contribution >= 4 is 34.2 Å². The van der Waals surface area contributed by atoms with Crippen LogP contribution in [-0.2, 0) is 9.53 Å². The summed E-state index contributed by atoms with van der Waals surface area (Å²) in [6.07, 6.45) is 0.193. The first kappa shape index (κ1) is 15.5. The van der Waals surface area contributed by atoms with Crippen LogP contribution in [0.1, 0.15) is 13.3 Å². The topological polar surface area (TPSA) is 71.2 Å². The highest BCUT2D eigenvalue weighted by Gasteiger charge is 2.15. The second-order valence-electron chi connectivity index (χ2n) is 3.44. The number of hydrogen-bond acceptors (Lipinski definition) is 5. The van der Waals surface area contributed by atoms with E-state index in [9.17, 15) is 14.3 Å². The molecule has 0 atom stereocenters. The number of hydrogen-bond donors (Lipinski definition) is 1. The number of carbonyl (C=O) groups excluding carboxylic acids is 1. The van der Waals surface area contributed by atoms with Gasteiger partial charge in [0.1, 0.15) is 11.4 Å². The molecule has 1 N–H and O–H groups in total. The number of aliphatic hydroxyl groups is 1. The Morgan fingerprint density at radius 1 is 1.53 bits per heavy atom. The van der Waals surface area contributed by atoms with Crippen molar-refractivity contribution in [2.24, 2.45) is 10.2 Å². The quantitative estimate of drug-likeness (QED) is 0.284. The van der Waals surface area contributed by atoms with E-state index in [2.05, 4.69) is 15.0 Å². The third kappa shape index (κ3) is 4.27. The van der Waals surface area contributed by atoms with E-state index in [1.807, 2.05) is 22.6 Å². The summed E-state index contributed by atoms with van der Waals surface area (Å²) in [4.78, 5) is 11.4. The van der Waals surface area contributed by atoms with Crippen LogP contribution in [0, 0.1) is 9.39 Å². The molecule has 19 heavy (non-hydrogen) atoms. The van der Waals surface area contributed by atoms with E-state index in [1.165, 1.54) is 12.1 Å². The van der Waals surface area contributed by atoms with Crippen molar-refractivity contribution < 1.29 is 19.0 Å². The zero-order valence-corrected chi connectivity index (χ0v) is 12.5. The van der Waals surface area contributed by atoms with E-state index in [0.717, 1.165) is 10.7 Å². The average molecular weight is 378 g/mol. The fraction of sp³-hybridized carbons (Fsp3) is 0.250. The van der Waals surface area contributed by atoms with Gasteiger partial charge in [-0.2, -0.15) is 0 Å². The minimum atomic E-state index is -0.825. The van der Waals surface area contributed by atoms with Crippen molar-refractivity contribution in [3.05, 3.63) is 39.0 Å². The monoisotopic (exact) mass is 378 g/mol. The van der Waals surface area contributed by atoms with Gasteiger partial charge in [-0.1, -0.05) is 6.92 Å². The maximum Gasteiger partial charge on any atom is 0.362 e. The number of ether oxygens (including phenoxy) is 1. The molecule has 0 aliphatic carbocycles. The molecule has 102 valence electrons. The predicted octanol–water partition coefficient (Wildman–Crippen LogP) is 3.87. The standard InChI is InChI=1S/C12H12FIN2O3/c1-3-10(17)11(12(18)19-2)16-15-9-6-7(14)4-5-8(9)13/h4-6,17H,3H2,1-2H3/b11-10+,16-15?. The second kappa shape index (κ2) is 7.17. The first-order valence-corrected chi connectivity index (χ1v) is 6.44. The van der Waals surface area contributed by atoms with Gasteiger partial charge in [0.15, 0.2) is 5.82 Å². The fourth-order valence-electron chi connectivity index (χ4n) is 1.15. The highest BCUT2D eigenvalue weighted by Crippen LogP contribution is 2.22. The molecular formula is C12H12FIN2O3. The Bertz CT molecular complexity index is 544. The lowest BCUT2D eigenvalue weighted by molar-refractivity contribution is -0.136. The molecule has 0 amide bonds. The summed E-state index contributed by atoms with van der Waals surface area (Å²) in [5, 5.41) is 16.8. The number of azo groups is 1. The van der Waals surface area contributed by atoms with E-state index in [0.29, 0.717) is 0 Å². The third-order valence-electron chi connectivity index (χ3n) is 2.15. The second-order valence-corrected chi connectivity index (χ2v) is 4.68. The van der Waals surface area contributed by atoms with Crippen molar-refractivity contribution in [3.8, 4) is 0 Å². The van der Waals surface area contributed by atoms with Crippen molar-refractivity contribution in [3.63, 3.8) is 0 Å². The summed E-state index contributed by atoms with van der Waals surface area (Å²) in [5.74, 6) is -1.65. The Morgan fingerprint density at radius 3 is 2.79 bits per heavy atom. The van der Waals surface area contributed by atoms with Gasteiger partial charge in [-0.05, 0) is 40.8 Å². The summed E-state index contributed by atoms with van der Waals surface area (Å²) >= 11 is 2.00. The van der Waals surface area contributed by atoms with Gasteiger partial charge >= 0.3 is 5.97 Å². The van der Waals surface area contributed by atoms with Gasteiger partial charge in [-0.15, -0.1) is 10.2 Å². The Hall–Kier alpha value is -1.51. The third-order valence-corrected chi connectivity index (χ3v) is 2.82. The van der Waals surface area contributed by atoms with E-state index in [4.69, 9.17) is 0 Å². The number of allylic oxidation sites excluding steroid dienone is 1. The summed E-state index contributed by atoms with van der Waals surface area (Å²) in [7, 11) is 1.16. The molecule has 0 radical (unpaired) electrons. The molecule has 5 nitrogen and oxygen atoms in total. The molecule has 0 bridgehead atoms. The lowest BCUT2D eigenvalue weighted by atomic mass is 10.3. The molecule has 0 heterocycles. The first-order chi connectivity index (χ1) is 8.99. The summed E-state index contributed by atoms with van der Waals surface area (Å²) in [6.45, 7) is 1.64. The average Bonchev–Trinajstić information content (AvgIpc) is 2.41. The SMILES string of the molecule is CC/C(O)=C(\N=Nc1cc(I)ccc1F)C(=O)OC. The molecule has 0 fully saturated rings. The summed E-state index contributed by atoms with van der Waals surface area (Å²) in [5.41, 5.74) is -0.347. The number of benzene rings is 1. The minimum absolute atomic E-state index is 0.0165. The highest BCUT2D eigenvalue weighted by molar-refractivity contribution is 14.1. The van der Waals surface area contributed by atoms with Crippen molar-refractivity contribution in [2.45, 2.75) is 13.3 Å². The van der Waals surface area contributed by atoms with Gasteiger partial charge in [0.25, 0.3) is 0 Å². The molecule has 0 aliphatic rings. The fourth-order valence-corrected chi connectivity index (χ4v) is 1.62. The number of nitrogens with zero attached hydrogens (tertiary/aromatic N) is 2. The largest absolute Gasteiger partial charge is 0.510 e. The van der Waals surface area contributed by atoms with Crippen LogP contribution < -0.4 is 0 Å². The number of rotatable bonds is 4. The maximum atomic E-state index is 13.4. The number of halogens is 2. The smallest absolute Gasteiger partial charge is 0.362 e. The van der Waals surface area contributed by atoms with Crippen molar-refractivity contribution in [1.82, 2.24) is 0 Å². The molecule has 7 heteroatoms. The number of aliphatic hydroxyl groups excluding tert-OH is 1. The molecule has 0 saturated heterocycles. The van der Waals surface area contributed by atoms with Gasteiger partial charge in [-0.3, -0.25) is 0 Å². The van der Waals surface area contributed by atoms with Crippen LogP contribution in [0.15, 0.2) is 39.9 Å². The van der Waals surface area contributed by atoms with E-state index >= 15 is 0 Å².